The number of carbonyl (C=O) groups excluding carboxylic acids is 1. The molecule has 0 N–H and O–H groups in total. The summed E-state index contributed by atoms with van der Waals surface area (Å²) in [5.74, 6) is 0.0241. The van der Waals surface area contributed by atoms with E-state index in [1.165, 1.54) is 11.8 Å². The van der Waals surface area contributed by atoms with Gasteiger partial charge in [0.05, 0.1) is 13.2 Å². The zero-order valence-corrected chi connectivity index (χ0v) is 11.5. The third-order valence-electron chi connectivity index (χ3n) is 1.95. The van der Waals surface area contributed by atoms with Crippen LogP contribution in [0, 0.1) is 0 Å². The van der Waals surface area contributed by atoms with E-state index in [4.69, 9.17) is 13.9 Å². The molecule has 0 saturated carbocycles. The highest BCUT2D eigenvalue weighted by molar-refractivity contribution is 7.99. The summed E-state index contributed by atoms with van der Waals surface area (Å²) in [5, 5.41) is 7.71. The van der Waals surface area contributed by atoms with Crippen molar-refractivity contribution in [2.45, 2.75) is 31.9 Å². The van der Waals surface area contributed by atoms with E-state index in [-0.39, 0.29) is 12.5 Å². The van der Waals surface area contributed by atoms with Crippen LogP contribution in [0.25, 0.3) is 0 Å². The fraction of sp³-hybridized carbons (Fsp3) is 0.727. The van der Waals surface area contributed by atoms with Gasteiger partial charge in [-0.3, -0.25) is 0 Å². The molecular weight excluding hydrogens is 256 g/mol. The molecule has 0 fully saturated rings. The Balaban J connectivity index is 2.21. The Bertz CT molecular complexity index is 357. The van der Waals surface area contributed by atoms with Gasteiger partial charge >= 0.3 is 11.9 Å². The molecule has 6 nitrogen and oxygen atoms in total. The first-order valence-corrected chi connectivity index (χ1v) is 6.97. The van der Waals surface area contributed by atoms with Gasteiger partial charge in [-0.15, -0.1) is 5.10 Å². The molecule has 0 bridgehead atoms. The lowest BCUT2D eigenvalue weighted by Gasteiger charge is -2.00. The van der Waals surface area contributed by atoms with Crippen LogP contribution < -0.4 is 0 Å². The fourth-order valence-electron chi connectivity index (χ4n) is 1.08. The van der Waals surface area contributed by atoms with Gasteiger partial charge in [-0.2, -0.15) is 0 Å². The van der Waals surface area contributed by atoms with E-state index in [1.54, 1.807) is 6.92 Å². The van der Waals surface area contributed by atoms with Crippen molar-refractivity contribution in [3.05, 3.63) is 5.89 Å². The first kappa shape index (κ1) is 15.0. The van der Waals surface area contributed by atoms with Gasteiger partial charge in [0.2, 0.25) is 0 Å². The molecule has 0 aliphatic heterocycles. The Labute approximate surface area is 110 Å². The second-order valence-corrected chi connectivity index (χ2v) is 4.45. The maximum Gasteiger partial charge on any atom is 0.396 e. The Morgan fingerprint density at radius 1 is 1.33 bits per heavy atom. The van der Waals surface area contributed by atoms with Crippen molar-refractivity contribution in [3.63, 3.8) is 0 Å². The molecule has 0 saturated heterocycles. The van der Waals surface area contributed by atoms with Crippen molar-refractivity contribution in [1.82, 2.24) is 10.2 Å². The predicted octanol–water partition coefficient (Wildman–Crippen LogP) is 2.16. The number of rotatable bonds is 9. The van der Waals surface area contributed by atoms with Gasteiger partial charge in [0.25, 0.3) is 5.22 Å². The summed E-state index contributed by atoms with van der Waals surface area (Å²) in [6, 6.07) is 0. The van der Waals surface area contributed by atoms with Crippen LogP contribution >= 0.6 is 11.8 Å². The molecule has 0 radical (unpaired) electrons. The highest BCUT2D eigenvalue weighted by Crippen LogP contribution is 2.16. The zero-order valence-electron chi connectivity index (χ0n) is 10.7. The summed E-state index contributed by atoms with van der Waals surface area (Å²) in [7, 11) is 0. The minimum atomic E-state index is -0.587. The number of esters is 1. The molecule has 0 spiro atoms. The van der Waals surface area contributed by atoms with E-state index >= 15 is 0 Å². The van der Waals surface area contributed by atoms with Crippen LogP contribution in [0.3, 0.4) is 0 Å². The van der Waals surface area contributed by atoms with Gasteiger partial charge in [-0.05, 0) is 13.3 Å². The van der Waals surface area contributed by atoms with Crippen LogP contribution in [-0.4, -0.2) is 41.7 Å². The largest absolute Gasteiger partial charge is 0.459 e. The molecule has 1 aromatic rings. The lowest BCUT2D eigenvalue weighted by Crippen LogP contribution is -2.04. The molecule has 0 aliphatic carbocycles. The standard InChI is InChI=1S/C11H18N2O4S/c1-3-5-6-15-7-8-18-11-13-12-9(17-11)10(14)16-4-2/h3-8H2,1-2H3. The molecule has 1 aromatic heterocycles. The van der Waals surface area contributed by atoms with Crippen molar-refractivity contribution < 1.29 is 18.7 Å². The number of ether oxygens (including phenoxy) is 2. The van der Waals surface area contributed by atoms with Crippen molar-refractivity contribution in [2.24, 2.45) is 0 Å². The van der Waals surface area contributed by atoms with Crippen molar-refractivity contribution in [2.75, 3.05) is 25.6 Å². The number of hydrogen-bond donors (Lipinski definition) is 0. The second-order valence-electron chi connectivity index (χ2n) is 3.41. The van der Waals surface area contributed by atoms with Crippen LogP contribution in [0.1, 0.15) is 37.4 Å². The number of aromatic nitrogens is 2. The molecule has 18 heavy (non-hydrogen) atoms. The van der Waals surface area contributed by atoms with Gasteiger partial charge in [0.1, 0.15) is 0 Å². The van der Waals surface area contributed by atoms with E-state index in [9.17, 15) is 4.79 Å². The maximum absolute atomic E-state index is 11.3. The molecule has 7 heteroatoms. The third-order valence-corrected chi connectivity index (χ3v) is 2.73. The van der Waals surface area contributed by atoms with E-state index in [0.29, 0.717) is 17.6 Å². The van der Waals surface area contributed by atoms with Crippen LogP contribution in [0.5, 0.6) is 0 Å². The van der Waals surface area contributed by atoms with Crippen LogP contribution in [0.2, 0.25) is 0 Å². The van der Waals surface area contributed by atoms with Gasteiger partial charge in [-0.1, -0.05) is 30.2 Å². The monoisotopic (exact) mass is 274 g/mol. The first-order chi connectivity index (χ1) is 8.77. The van der Waals surface area contributed by atoms with Gasteiger partial charge < -0.3 is 13.9 Å². The Kier molecular flexibility index (Phi) is 7.43. The van der Waals surface area contributed by atoms with E-state index in [0.717, 1.165) is 19.4 Å². The molecule has 0 atom stereocenters. The maximum atomic E-state index is 11.3. The molecule has 0 aliphatic rings. The Morgan fingerprint density at radius 3 is 2.89 bits per heavy atom. The third kappa shape index (κ3) is 5.50. The Hall–Kier alpha value is -1.08. The van der Waals surface area contributed by atoms with Gasteiger partial charge in [0.15, 0.2) is 0 Å². The fourth-order valence-corrected chi connectivity index (χ4v) is 1.69. The minimum absolute atomic E-state index is 0.105. The predicted molar refractivity (Wildman–Crippen MR) is 66.7 cm³/mol. The summed E-state index contributed by atoms with van der Waals surface area (Å²) >= 11 is 1.36. The van der Waals surface area contributed by atoms with Crippen LogP contribution in [0.15, 0.2) is 9.64 Å². The topological polar surface area (TPSA) is 74.5 Å². The van der Waals surface area contributed by atoms with Gasteiger partial charge in [-0.25, -0.2) is 4.79 Å². The summed E-state index contributed by atoms with van der Waals surface area (Å²) in [4.78, 5) is 11.3. The lowest BCUT2D eigenvalue weighted by atomic mass is 10.4. The molecular formula is C11H18N2O4S. The average Bonchev–Trinajstić information content (AvgIpc) is 2.83. The number of nitrogens with zero attached hydrogens (tertiary/aromatic N) is 2. The molecule has 1 rings (SSSR count). The van der Waals surface area contributed by atoms with Crippen LogP contribution in [0.4, 0.5) is 0 Å². The molecule has 0 aromatic carbocycles. The normalized spacial score (nSPS) is 10.6. The van der Waals surface area contributed by atoms with Crippen molar-refractivity contribution >= 4 is 17.7 Å². The SMILES string of the molecule is CCCCOCCSc1nnc(C(=O)OCC)o1. The molecule has 0 unspecified atom stereocenters. The summed E-state index contributed by atoms with van der Waals surface area (Å²) in [6.45, 7) is 5.52. The molecule has 1 heterocycles. The van der Waals surface area contributed by atoms with E-state index in [2.05, 4.69) is 17.1 Å². The summed E-state index contributed by atoms with van der Waals surface area (Å²) < 4.78 is 15.3. The quantitative estimate of drug-likeness (QED) is 0.388. The summed E-state index contributed by atoms with van der Waals surface area (Å²) in [6.07, 6.45) is 2.19. The highest BCUT2D eigenvalue weighted by Gasteiger charge is 2.15. The van der Waals surface area contributed by atoms with E-state index in [1.807, 2.05) is 0 Å². The number of unbranched alkanes of at least 4 members (excludes halogenated alkanes) is 1. The number of thioether (sulfide) groups is 1. The molecule has 0 amide bonds. The van der Waals surface area contributed by atoms with Crippen molar-refractivity contribution in [1.29, 1.82) is 0 Å². The summed E-state index contributed by atoms with van der Waals surface area (Å²) in [5.41, 5.74) is 0. The zero-order chi connectivity index (χ0) is 13.2. The number of hydrogen-bond acceptors (Lipinski definition) is 7. The van der Waals surface area contributed by atoms with Crippen LogP contribution in [-0.2, 0) is 9.47 Å². The van der Waals surface area contributed by atoms with Gasteiger partial charge in [0, 0.05) is 12.4 Å². The second kappa shape index (κ2) is 8.93. The lowest BCUT2D eigenvalue weighted by molar-refractivity contribution is 0.0475. The Morgan fingerprint density at radius 2 is 2.17 bits per heavy atom. The van der Waals surface area contributed by atoms with E-state index < -0.39 is 5.97 Å². The van der Waals surface area contributed by atoms with Crippen molar-refractivity contribution in [3.8, 4) is 0 Å². The first-order valence-electron chi connectivity index (χ1n) is 5.99. The average molecular weight is 274 g/mol. The number of carbonyl (C=O) groups is 1. The minimum Gasteiger partial charge on any atom is -0.459 e. The smallest absolute Gasteiger partial charge is 0.396 e. The molecule has 102 valence electrons. The highest BCUT2D eigenvalue weighted by atomic mass is 32.2.